The van der Waals surface area contributed by atoms with Crippen molar-refractivity contribution < 1.29 is 19.1 Å². The van der Waals surface area contributed by atoms with Gasteiger partial charge in [0.15, 0.2) is 6.04 Å². The molecule has 2 N–H and O–H groups in total. The lowest BCUT2D eigenvalue weighted by atomic mass is 9.86. The Kier molecular flexibility index (Phi) is 4.94. The van der Waals surface area contributed by atoms with Crippen LogP contribution in [0.25, 0.3) is 0 Å². The lowest BCUT2D eigenvalue weighted by Gasteiger charge is -2.24. The van der Waals surface area contributed by atoms with Crippen LogP contribution in [-0.4, -0.2) is 27.0 Å². The van der Waals surface area contributed by atoms with Gasteiger partial charge in [0.2, 0.25) is 5.91 Å². The molecule has 3 rings (SSSR count). The van der Waals surface area contributed by atoms with Gasteiger partial charge in [-0.2, -0.15) is 0 Å². The second-order valence-electron chi connectivity index (χ2n) is 5.89. The van der Waals surface area contributed by atoms with Crippen LogP contribution >= 0.6 is 11.6 Å². The third-order valence-electron chi connectivity index (χ3n) is 4.26. The van der Waals surface area contributed by atoms with Gasteiger partial charge >= 0.3 is 5.97 Å². The van der Waals surface area contributed by atoms with E-state index in [1.165, 1.54) is 18.5 Å². The fraction of sp³-hybridized carbons (Fsp3) is 0.294. The largest absolute Gasteiger partial charge is 0.479 e. The summed E-state index contributed by atoms with van der Waals surface area (Å²) in [6.45, 7) is 0. The summed E-state index contributed by atoms with van der Waals surface area (Å²) < 4.78 is 13.6. The van der Waals surface area contributed by atoms with Crippen LogP contribution in [0.5, 0.6) is 0 Å². The number of carbonyl (C=O) groups excluding carboxylic acids is 1. The van der Waals surface area contributed by atoms with Gasteiger partial charge in [-0.15, -0.1) is 0 Å². The first-order chi connectivity index (χ1) is 12.0. The number of benzene rings is 1. The van der Waals surface area contributed by atoms with Crippen LogP contribution in [0.2, 0.25) is 5.02 Å². The van der Waals surface area contributed by atoms with Gasteiger partial charge in [-0.1, -0.05) is 17.7 Å². The Morgan fingerprint density at radius 3 is 2.92 bits per heavy atom. The van der Waals surface area contributed by atoms with Crippen LogP contribution in [0.3, 0.4) is 0 Å². The molecule has 0 spiro atoms. The number of halogens is 2. The molecule has 0 radical (unpaired) electrons. The zero-order valence-corrected chi connectivity index (χ0v) is 13.8. The van der Waals surface area contributed by atoms with Gasteiger partial charge < -0.3 is 10.4 Å². The number of amides is 1. The summed E-state index contributed by atoms with van der Waals surface area (Å²) in [7, 11) is 0. The standard InChI is InChI=1S/C17H15ClFN3O3/c18-12-3-1-9(6-13(12)19)15(17(24)25)22-16(23)10-2-4-14-11(5-10)7-20-8-21-14/h1,3,6-8,10,15H,2,4-5H2,(H,22,23)(H,24,25). The molecule has 0 aliphatic heterocycles. The number of hydrogen-bond donors (Lipinski definition) is 2. The van der Waals surface area contributed by atoms with Gasteiger partial charge in [0, 0.05) is 17.8 Å². The van der Waals surface area contributed by atoms with Gasteiger partial charge in [0.1, 0.15) is 12.1 Å². The van der Waals surface area contributed by atoms with Crippen molar-refractivity contribution >= 4 is 23.5 Å². The topological polar surface area (TPSA) is 92.2 Å². The third kappa shape index (κ3) is 3.76. The van der Waals surface area contributed by atoms with Crippen LogP contribution in [-0.2, 0) is 22.4 Å². The summed E-state index contributed by atoms with van der Waals surface area (Å²) in [6.07, 6.45) is 4.78. The maximum absolute atomic E-state index is 13.6. The summed E-state index contributed by atoms with van der Waals surface area (Å²) in [5, 5.41) is 11.8. The van der Waals surface area contributed by atoms with Crippen LogP contribution < -0.4 is 5.32 Å². The van der Waals surface area contributed by atoms with E-state index in [0.717, 1.165) is 17.3 Å². The minimum Gasteiger partial charge on any atom is -0.479 e. The average Bonchev–Trinajstić information content (AvgIpc) is 2.61. The Balaban J connectivity index is 1.75. The van der Waals surface area contributed by atoms with Crippen molar-refractivity contribution in [1.82, 2.24) is 15.3 Å². The van der Waals surface area contributed by atoms with Crippen molar-refractivity contribution in [2.24, 2.45) is 5.92 Å². The Morgan fingerprint density at radius 1 is 1.40 bits per heavy atom. The molecule has 0 bridgehead atoms. The molecule has 130 valence electrons. The lowest BCUT2D eigenvalue weighted by Crippen LogP contribution is -2.39. The highest BCUT2D eigenvalue weighted by Gasteiger charge is 2.30. The molecule has 0 saturated heterocycles. The number of carbonyl (C=O) groups is 2. The molecule has 1 amide bonds. The highest BCUT2D eigenvalue weighted by Crippen LogP contribution is 2.25. The molecule has 2 unspecified atom stereocenters. The second kappa shape index (κ2) is 7.14. The number of nitrogens with one attached hydrogen (secondary N) is 1. The summed E-state index contributed by atoms with van der Waals surface area (Å²) in [6, 6.07) is 2.33. The van der Waals surface area contributed by atoms with Crippen LogP contribution in [0.4, 0.5) is 4.39 Å². The van der Waals surface area contributed by atoms with Crippen LogP contribution in [0, 0.1) is 11.7 Å². The van der Waals surface area contributed by atoms with Crippen molar-refractivity contribution in [3.63, 3.8) is 0 Å². The van der Waals surface area contributed by atoms with Crippen molar-refractivity contribution in [2.45, 2.75) is 25.3 Å². The molecule has 6 nitrogen and oxygen atoms in total. The van der Waals surface area contributed by atoms with Gasteiger partial charge in [0.25, 0.3) is 0 Å². The smallest absolute Gasteiger partial charge is 0.330 e. The summed E-state index contributed by atoms with van der Waals surface area (Å²) >= 11 is 5.62. The van der Waals surface area contributed by atoms with Crippen molar-refractivity contribution in [3.8, 4) is 0 Å². The number of aromatic nitrogens is 2. The van der Waals surface area contributed by atoms with E-state index in [1.54, 1.807) is 6.20 Å². The number of rotatable bonds is 4. The van der Waals surface area contributed by atoms with Crippen LogP contribution in [0.1, 0.15) is 29.3 Å². The Labute approximate surface area is 148 Å². The van der Waals surface area contributed by atoms with E-state index in [0.29, 0.717) is 19.3 Å². The van der Waals surface area contributed by atoms with E-state index in [9.17, 15) is 19.1 Å². The Morgan fingerprint density at radius 2 is 2.20 bits per heavy atom. The van der Waals surface area contributed by atoms with Gasteiger partial charge in [0.05, 0.1) is 5.02 Å². The summed E-state index contributed by atoms with van der Waals surface area (Å²) in [4.78, 5) is 32.2. The van der Waals surface area contributed by atoms with E-state index in [1.807, 2.05) is 0 Å². The normalized spacial score (nSPS) is 17.4. The maximum atomic E-state index is 13.6. The first-order valence-corrected chi connectivity index (χ1v) is 8.09. The molecule has 1 aliphatic rings. The fourth-order valence-corrected chi connectivity index (χ4v) is 3.04. The minimum absolute atomic E-state index is 0.108. The first kappa shape index (κ1) is 17.3. The molecule has 2 atom stereocenters. The summed E-state index contributed by atoms with van der Waals surface area (Å²) in [5.41, 5.74) is 1.93. The Hall–Kier alpha value is -2.54. The minimum atomic E-state index is -1.34. The molecule has 1 aromatic carbocycles. The molecule has 0 fully saturated rings. The van der Waals surface area contributed by atoms with E-state index in [4.69, 9.17) is 11.6 Å². The number of fused-ring (bicyclic) bond motifs is 1. The Bertz CT molecular complexity index is 831. The molecule has 0 saturated carbocycles. The lowest BCUT2D eigenvalue weighted by molar-refractivity contribution is -0.142. The fourth-order valence-electron chi connectivity index (χ4n) is 2.92. The van der Waals surface area contributed by atoms with Crippen LogP contribution in [0.15, 0.2) is 30.7 Å². The molecule has 1 aromatic heterocycles. The average molecular weight is 364 g/mol. The molecule has 8 heteroatoms. The molecular weight excluding hydrogens is 349 g/mol. The van der Waals surface area contributed by atoms with Crippen molar-refractivity contribution in [3.05, 3.63) is 58.4 Å². The molecule has 25 heavy (non-hydrogen) atoms. The van der Waals surface area contributed by atoms with Gasteiger partial charge in [-0.3, -0.25) is 4.79 Å². The number of hydrogen-bond acceptors (Lipinski definition) is 4. The molecule has 1 aliphatic carbocycles. The SMILES string of the molecule is O=C(NC(C(=O)O)c1ccc(Cl)c(F)c1)C1CCc2ncncc2C1. The van der Waals surface area contributed by atoms with E-state index < -0.39 is 23.7 Å². The molecular formula is C17H15ClFN3O3. The quantitative estimate of drug-likeness (QED) is 0.869. The zero-order chi connectivity index (χ0) is 18.0. The third-order valence-corrected chi connectivity index (χ3v) is 4.57. The maximum Gasteiger partial charge on any atom is 0.330 e. The predicted molar refractivity (Wildman–Crippen MR) is 87.5 cm³/mol. The number of aliphatic carboxylic acids is 1. The second-order valence-corrected chi connectivity index (χ2v) is 6.29. The molecule has 1 heterocycles. The first-order valence-electron chi connectivity index (χ1n) is 7.71. The number of nitrogens with zero attached hydrogens (tertiary/aromatic N) is 2. The number of carboxylic acids is 1. The number of carboxylic acid groups (broad SMARTS) is 1. The summed E-state index contributed by atoms with van der Waals surface area (Å²) in [5.74, 6) is -2.77. The van der Waals surface area contributed by atoms with Gasteiger partial charge in [-0.25, -0.2) is 19.2 Å². The van der Waals surface area contributed by atoms with E-state index >= 15 is 0 Å². The van der Waals surface area contributed by atoms with Crippen molar-refractivity contribution in [1.29, 1.82) is 0 Å². The van der Waals surface area contributed by atoms with E-state index in [-0.39, 0.29) is 16.5 Å². The predicted octanol–water partition coefficient (Wildman–Crippen LogP) is 2.32. The monoisotopic (exact) mass is 363 g/mol. The van der Waals surface area contributed by atoms with E-state index in [2.05, 4.69) is 15.3 Å². The van der Waals surface area contributed by atoms with Crippen molar-refractivity contribution in [2.75, 3.05) is 0 Å². The zero-order valence-electron chi connectivity index (χ0n) is 13.1. The number of aryl methyl sites for hydroxylation is 1. The molecule has 2 aromatic rings. The highest BCUT2D eigenvalue weighted by molar-refractivity contribution is 6.30. The highest BCUT2D eigenvalue weighted by atomic mass is 35.5. The van der Waals surface area contributed by atoms with Gasteiger partial charge in [-0.05, 0) is 42.5 Å².